The number of methoxy groups -OCH3 is 1. The number of hydrogen-bond acceptors (Lipinski definition) is 5. The van der Waals surface area contributed by atoms with Crippen molar-refractivity contribution < 1.29 is 17.9 Å². The summed E-state index contributed by atoms with van der Waals surface area (Å²) in [5, 5.41) is 6.67. The van der Waals surface area contributed by atoms with Crippen LogP contribution >= 0.6 is 11.6 Å². The number of nitrogens with zero attached hydrogens (tertiary/aromatic N) is 2. The van der Waals surface area contributed by atoms with Crippen molar-refractivity contribution in [3.63, 3.8) is 0 Å². The number of nitrogens with one attached hydrogen (secondary N) is 1. The van der Waals surface area contributed by atoms with Crippen LogP contribution in [0.2, 0.25) is 5.02 Å². The lowest BCUT2D eigenvalue weighted by Crippen LogP contribution is -2.39. The number of amides is 1. The van der Waals surface area contributed by atoms with Gasteiger partial charge in [0.15, 0.2) is 0 Å². The molecule has 4 aromatic rings. The number of hydrazone groups is 1. The smallest absolute Gasteiger partial charge is 0.264 e. The predicted octanol–water partition coefficient (Wildman–Crippen LogP) is 4.95. The van der Waals surface area contributed by atoms with E-state index >= 15 is 0 Å². The minimum atomic E-state index is -4.07. The lowest BCUT2D eigenvalue weighted by atomic mass is 10.0. The van der Waals surface area contributed by atoms with Crippen LogP contribution in [0.3, 0.4) is 0 Å². The zero-order valence-corrected chi connectivity index (χ0v) is 21.6. The first-order valence-electron chi connectivity index (χ1n) is 11.6. The molecule has 0 fully saturated rings. The topological polar surface area (TPSA) is 88.1 Å². The highest BCUT2D eigenvalue weighted by atomic mass is 35.5. The molecule has 0 bridgehead atoms. The third kappa shape index (κ3) is 4.90. The molecule has 7 nitrogen and oxygen atoms in total. The Labute approximate surface area is 220 Å². The average Bonchev–Trinajstić information content (AvgIpc) is 3.33. The van der Waals surface area contributed by atoms with Crippen molar-refractivity contribution in [2.24, 2.45) is 5.10 Å². The Balaban J connectivity index is 1.40. The van der Waals surface area contributed by atoms with Crippen LogP contribution < -0.4 is 14.5 Å². The van der Waals surface area contributed by atoms with E-state index in [2.05, 4.69) is 22.7 Å². The lowest BCUT2D eigenvalue weighted by molar-refractivity contribution is -0.119. The van der Waals surface area contributed by atoms with E-state index in [9.17, 15) is 13.2 Å². The molecule has 1 N–H and O–H groups in total. The molecule has 37 heavy (non-hydrogen) atoms. The molecule has 9 heteroatoms. The number of ether oxygens (including phenoxy) is 1. The molecule has 0 aromatic heterocycles. The second-order valence-corrected chi connectivity index (χ2v) is 10.9. The van der Waals surface area contributed by atoms with Gasteiger partial charge in [-0.1, -0.05) is 60.1 Å². The van der Waals surface area contributed by atoms with Gasteiger partial charge in [0, 0.05) is 5.56 Å². The van der Waals surface area contributed by atoms with E-state index in [1.165, 1.54) is 47.9 Å². The monoisotopic (exact) mass is 533 g/mol. The molecular formula is C28H24ClN3O4S. The fourth-order valence-corrected chi connectivity index (χ4v) is 6.25. The third-order valence-corrected chi connectivity index (χ3v) is 8.43. The van der Waals surface area contributed by atoms with Gasteiger partial charge in [-0.2, -0.15) is 5.10 Å². The fourth-order valence-electron chi connectivity index (χ4n) is 4.57. The molecular weight excluding hydrogens is 510 g/mol. The number of rotatable bonds is 8. The molecule has 5 rings (SSSR count). The lowest BCUT2D eigenvalue weighted by Gasteiger charge is -2.24. The first kappa shape index (κ1) is 24.8. The van der Waals surface area contributed by atoms with Crippen LogP contribution in [0.15, 0.2) is 88.9 Å². The van der Waals surface area contributed by atoms with Crippen LogP contribution in [-0.2, 0) is 27.7 Å². The first-order chi connectivity index (χ1) is 17.9. The zero-order chi connectivity index (χ0) is 26.0. The van der Waals surface area contributed by atoms with E-state index in [1.54, 1.807) is 30.5 Å². The van der Waals surface area contributed by atoms with E-state index < -0.39 is 22.5 Å². The second kappa shape index (κ2) is 10.2. The number of aryl methyl sites for hydroxylation is 2. The van der Waals surface area contributed by atoms with E-state index in [0.717, 1.165) is 28.1 Å². The summed E-state index contributed by atoms with van der Waals surface area (Å²) in [6, 6.07) is 22.7. The molecule has 1 aliphatic carbocycles. The number of benzene rings is 4. The molecule has 4 aromatic carbocycles. The predicted molar refractivity (Wildman–Crippen MR) is 146 cm³/mol. The summed E-state index contributed by atoms with van der Waals surface area (Å²) in [6.45, 7) is -0.499. The van der Waals surface area contributed by atoms with Crippen LogP contribution in [0.4, 0.5) is 5.69 Å². The largest absolute Gasteiger partial charge is 0.495 e. The maximum Gasteiger partial charge on any atom is 0.264 e. The number of sulfonamides is 1. The SMILES string of the molecule is COc1ccc(N(CC(=O)N/N=C\c2ccc3c4c(cccc24)CC3)S(=O)(=O)c2ccccc2)cc1Cl. The quantitative estimate of drug-likeness (QED) is 0.256. The Hall–Kier alpha value is -3.88. The van der Waals surface area contributed by atoms with Gasteiger partial charge in [-0.15, -0.1) is 0 Å². The average molecular weight is 534 g/mol. The summed E-state index contributed by atoms with van der Waals surface area (Å²) in [5.41, 5.74) is 6.19. The van der Waals surface area contributed by atoms with Crippen molar-refractivity contribution in [3.8, 4) is 5.75 Å². The maximum atomic E-state index is 13.5. The molecule has 188 valence electrons. The Morgan fingerprint density at radius 1 is 1.03 bits per heavy atom. The molecule has 0 spiro atoms. The van der Waals surface area contributed by atoms with Gasteiger partial charge in [0.2, 0.25) is 0 Å². The summed E-state index contributed by atoms with van der Waals surface area (Å²) >= 11 is 6.26. The van der Waals surface area contributed by atoms with E-state index in [1.807, 2.05) is 18.2 Å². The maximum absolute atomic E-state index is 13.5. The van der Waals surface area contributed by atoms with Crippen molar-refractivity contribution in [2.75, 3.05) is 18.0 Å². The van der Waals surface area contributed by atoms with Crippen LogP contribution in [0.1, 0.15) is 16.7 Å². The van der Waals surface area contributed by atoms with Crippen molar-refractivity contribution in [2.45, 2.75) is 17.7 Å². The molecule has 0 atom stereocenters. The summed E-state index contributed by atoms with van der Waals surface area (Å²) < 4.78 is 33.1. The van der Waals surface area contributed by atoms with E-state index in [4.69, 9.17) is 16.3 Å². The normalized spacial score (nSPS) is 12.7. The molecule has 0 radical (unpaired) electrons. The van der Waals surface area contributed by atoms with Crippen LogP contribution in [0, 0.1) is 0 Å². The Bertz CT molecular complexity index is 1610. The van der Waals surface area contributed by atoms with E-state index in [0.29, 0.717) is 5.75 Å². The molecule has 1 aliphatic rings. The standard InChI is InChI=1S/C28H24ClN3O4S/c1-36-26-15-14-22(16-25(26)29)32(37(34,35)23-7-3-2-4-8-23)18-27(33)31-30-17-21-13-12-20-11-10-19-6-5-9-24(21)28(19)20/h2-9,12-17H,10-11,18H2,1H3,(H,31,33)/b30-17-. The molecule has 0 saturated carbocycles. The minimum Gasteiger partial charge on any atom is -0.495 e. The molecule has 0 unspecified atom stereocenters. The number of anilines is 1. The molecule has 0 heterocycles. The van der Waals surface area contributed by atoms with Crippen LogP contribution in [0.25, 0.3) is 10.8 Å². The second-order valence-electron chi connectivity index (χ2n) is 8.59. The zero-order valence-electron chi connectivity index (χ0n) is 20.0. The van der Waals surface area contributed by atoms with Gasteiger partial charge in [0.1, 0.15) is 12.3 Å². The summed E-state index contributed by atoms with van der Waals surface area (Å²) in [6.07, 6.45) is 3.62. The van der Waals surface area contributed by atoms with Crippen LogP contribution in [-0.4, -0.2) is 34.2 Å². The number of carbonyl (C=O) groups is 1. The van der Waals surface area contributed by atoms with Gasteiger partial charge in [-0.05, 0) is 65.1 Å². The van der Waals surface area contributed by atoms with E-state index in [-0.39, 0.29) is 15.6 Å². The van der Waals surface area contributed by atoms with Gasteiger partial charge in [0.25, 0.3) is 15.9 Å². The van der Waals surface area contributed by atoms with Crippen molar-refractivity contribution >= 4 is 50.2 Å². The minimum absolute atomic E-state index is 0.0473. The van der Waals surface area contributed by atoms with Crippen LogP contribution in [0.5, 0.6) is 5.75 Å². The van der Waals surface area contributed by atoms with Crippen molar-refractivity contribution in [3.05, 3.63) is 101 Å². The van der Waals surface area contributed by atoms with Gasteiger partial charge in [0.05, 0.1) is 28.9 Å². The Morgan fingerprint density at radius 3 is 2.51 bits per heavy atom. The van der Waals surface area contributed by atoms with Gasteiger partial charge >= 0.3 is 0 Å². The molecule has 1 amide bonds. The number of halogens is 1. The first-order valence-corrected chi connectivity index (χ1v) is 13.5. The Morgan fingerprint density at radius 2 is 1.78 bits per heavy atom. The van der Waals surface area contributed by atoms with Crippen molar-refractivity contribution in [1.82, 2.24) is 5.43 Å². The number of carbonyl (C=O) groups excluding carboxylic acids is 1. The summed E-state index contributed by atoms with van der Waals surface area (Å²) in [4.78, 5) is 12.9. The molecule has 0 aliphatic heterocycles. The number of hydrogen-bond donors (Lipinski definition) is 1. The summed E-state index contributed by atoms with van der Waals surface area (Å²) in [5.74, 6) is -0.212. The highest BCUT2D eigenvalue weighted by molar-refractivity contribution is 7.92. The summed E-state index contributed by atoms with van der Waals surface area (Å²) in [7, 11) is -2.61. The Kier molecular flexibility index (Phi) is 6.86. The van der Waals surface area contributed by atoms with Gasteiger partial charge in [-0.25, -0.2) is 13.8 Å². The highest BCUT2D eigenvalue weighted by Gasteiger charge is 2.27. The third-order valence-electron chi connectivity index (χ3n) is 6.35. The highest BCUT2D eigenvalue weighted by Crippen LogP contribution is 2.33. The van der Waals surface area contributed by atoms with Gasteiger partial charge in [-0.3, -0.25) is 9.10 Å². The van der Waals surface area contributed by atoms with Gasteiger partial charge < -0.3 is 4.74 Å². The fraction of sp³-hybridized carbons (Fsp3) is 0.143. The molecule has 0 saturated heterocycles. The van der Waals surface area contributed by atoms with Crippen molar-refractivity contribution in [1.29, 1.82) is 0 Å².